The Kier molecular flexibility index (Phi) is 5.79. The molecule has 5 heteroatoms. The number of ether oxygens (including phenoxy) is 1. The highest BCUT2D eigenvalue weighted by molar-refractivity contribution is 9.09. The highest BCUT2D eigenvalue weighted by Gasteiger charge is 2.18. The molecule has 0 fully saturated rings. The van der Waals surface area contributed by atoms with E-state index in [-0.39, 0.29) is 17.1 Å². The Balaban J connectivity index is 2.66. The molecule has 0 bridgehead atoms. The SMILES string of the molecule is COc1ccc(C(=O)NCC(C)(C)CCBr)cc1F. The van der Waals surface area contributed by atoms with E-state index < -0.39 is 5.82 Å². The van der Waals surface area contributed by atoms with Crippen LogP contribution in [-0.2, 0) is 0 Å². The van der Waals surface area contributed by atoms with Crippen molar-refractivity contribution in [2.45, 2.75) is 20.3 Å². The molecule has 0 atom stereocenters. The molecule has 0 aromatic heterocycles. The average Bonchev–Trinajstić information content (AvgIpc) is 2.36. The Labute approximate surface area is 121 Å². The second kappa shape index (κ2) is 6.89. The van der Waals surface area contributed by atoms with Gasteiger partial charge in [0, 0.05) is 17.4 Å². The maximum atomic E-state index is 13.5. The summed E-state index contributed by atoms with van der Waals surface area (Å²) in [5, 5.41) is 3.70. The number of hydrogen-bond acceptors (Lipinski definition) is 2. The van der Waals surface area contributed by atoms with E-state index in [1.165, 1.54) is 19.2 Å². The Morgan fingerprint density at radius 2 is 2.16 bits per heavy atom. The first-order valence-corrected chi connectivity index (χ1v) is 7.19. The highest BCUT2D eigenvalue weighted by Crippen LogP contribution is 2.21. The number of hydrogen-bond donors (Lipinski definition) is 1. The van der Waals surface area contributed by atoms with Crippen molar-refractivity contribution in [3.05, 3.63) is 29.6 Å². The Bertz CT molecular complexity index is 449. The van der Waals surface area contributed by atoms with Crippen molar-refractivity contribution < 1.29 is 13.9 Å². The number of carbonyl (C=O) groups excluding carboxylic acids is 1. The lowest BCUT2D eigenvalue weighted by Gasteiger charge is -2.23. The van der Waals surface area contributed by atoms with E-state index in [0.29, 0.717) is 12.1 Å². The first kappa shape index (κ1) is 16.0. The third-order valence-electron chi connectivity index (χ3n) is 2.91. The Morgan fingerprint density at radius 3 is 2.68 bits per heavy atom. The van der Waals surface area contributed by atoms with Crippen LogP contribution in [0.25, 0.3) is 0 Å². The van der Waals surface area contributed by atoms with Gasteiger partial charge in [-0.2, -0.15) is 0 Å². The second-order valence-corrected chi connectivity index (χ2v) is 5.93. The van der Waals surface area contributed by atoms with Gasteiger partial charge in [0.1, 0.15) is 0 Å². The number of rotatable bonds is 6. The summed E-state index contributed by atoms with van der Waals surface area (Å²) in [5.41, 5.74) is 0.303. The van der Waals surface area contributed by atoms with E-state index >= 15 is 0 Å². The lowest BCUT2D eigenvalue weighted by molar-refractivity contribution is 0.0935. The summed E-state index contributed by atoms with van der Waals surface area (Å²) in [6, 6.07) is 4.19. The monoisotopic (exact) mass is 331 g/mol. The highest BCUT2D eigenvalue weighted by atomic mass is 79.9. The van der Waals surface area contributed by atoms with Crippen molar-refractivity contribution in [2.75, 3.05) is 19.0 Å². The minimum Gasteiger partial charge on any atom is -0.494 e. The Hall–Kier alpha value is -1.10. The lowest BCUT2D eigenvalue weighted by Crippen LogP contribution is -2.34. The van der Waals surface area contributed by atoms with Gasteiger partial charge in [-0.05, 0) is 30.0 Å². The fourth-order valence-corrected chi connectivity index (χ4v) is 2.65. The van der Waals surface area contributed by atoms with Gasteiger partial charge in [-0.25, -0.2) is 4.39 Å². The van der Waals surface area contributed by atoms with Crippen molar-refractivity contribution in [3.63, 3.8) is 0 Å². The van der Waals surface area contributed by atoms with Gasteiger partial charge in [0.2, 0.25) is 0 Å². The van der Waals surface area contributed by atoms with E-state index in [1.807, 2.05) is 0 Å². The van der Waals surface area contributed by atoms with E-state index in [4.69, 9.17) is 4.74 Å². The molecule has 0 aliphatic carbocycles. The first-order valence-electron chi connectivity index (χ1n) is 6.07. The molecule has 1 rings (SSSR count). The van der Waals surface area contributed by atoms with Crippen LogP contribution < -0.4 is 10.1 Å². The smallest absolute Gasteiger partial charge is 0.251 e. The predicted octanol–water partition coefficient (Wildman–Crippen LogP) is 3.38. The zero-order valence-corrected chi connectivity index (χ0v) is 13.0. The zero-order valence-electron chi connectivity index (χ0n) is 11.4. The van der Waals surface area contributed by atoms with Gasteiger partial charge in [-0.15, -0.1) is 0 Å². The normalized spacial score (nSPS) is 11.2. The molecule has 0 unspecified atom stereocenters. The maximum Gasteiger partial charge on any atom is 0.251 e. The molecule has 0 aliphatic rings. The van der Waals surface area contributed by atoms with Crippen molar-refractivity contribution in [2.24, 2.45) is 5.41 Å². The fraction of sp³-hybridized carbons (Fsp3) is 0.500. The number of carbonyl (C=O) groups is 1. The molecule has 0 saturated carbocycles. The van der Waals surface area contributed by atoms with Gasteiger partial charge < -0.3 is 10.1 Å². The van der Waals surface area contributed by atoms with Crippen LogP contribution >= 0.6 is 15.9 Å². The molecule has 3 nitrogen and oxygen atoms in total. The lowest BCUT2D eigenvalue weighted by atomic mass is 9.90. The van der Waals surface area contributed by atoms with E-state index in [0.717, 1.165) is 11.8 Å². The van der Waals surface area contributed by atoms with Crippen LogP contribution in [0.1, 0.15) is 30.6 Å². The van der Waals surface area contributed by atoms with Gasteiger partial charge in [-0.1, -0.05) is 29.8 Å². The predicted molar refractivity (Wildman–Crippen MR) is 77.5 cm³/mol. The molecule has 0 saturated heterocycles. The third-order valence-corrected chi connectivity index (χ3v) is 3.31. The van der Waals surface area contributed by atoms with Gasteiger partial charge >= 0.3 is 0 Å². The summed E-state index contributed by atoms with van der Waals surface area (Å²) in [7, 11) is 1.39. The number of nitrogens with one attached hydrogen (secondary N) is 1. The largest absolute Gasteiger partial charge is 0.494 e. The molecule has 0 heterocycles. The Morgan fingerprint density at radius 1 is 1.47 bits per heavy atom. The molecule has 1 aromatic carbocycles. The maximum absolute atomic E-state index is 13.5. The van der Waals surface area contributed by atoms with Crippen LogP contribution in [0.2, 0.25) is 0 Å². The quantitative estimate of drug-likeness (QED) is 0.811. The number of amides is 1. The third kappa shape index (κ3) is 4.82. The fourth-order valence-electron chi connectivity index (χ4n) is 1.57. The topological polar surface area (TPSA) is 38.3 Å². The van der Waals surface area contributed by atoms with Crippen LogP contribution in [0.4, 0.5) is 4.39 Å². The van der Waals surface area contributed by atoms with Crippen molar-refractivity contribution in [1.82, 2.24) is 5.32 Å². The molecular formula is C14H19BrFNO2. The van der Waals surface area contributed by atoms with Crippen LogP contribution in [-0.4, -0.2) is 24.9 Å². The molecule has 0 spiro atoms. The second-order valence-electron chi connectivity index (χ2n) is 5.14. The van der Waals surface area contributed by atoms with Crippen LogP contribution in [0.5, 0.6) is 5.75 Å². The van der Waals surface area contributed by atoms with Crippen LogP contribution in [0.3, 0.4) is 0 Å². The van der Waals surface area contributed by atoms with Crippen molar-refractivity contribution in [1.29, 1.82) is 0 Å². The molecule has 0 aliphatic heterocycles. The van der Waals surface area contributed by atoms with Gasteiger partial charge in [0.15, 0.2) is 11.6 Å². The molecule has 1 N–H and O–H groups in total. The molecule has 106 valence electrons. The van der Waals surface area contributed by atoms with E-state index in [1.54, 1.807) is 6.07 Å². The summed E-state index contributed by atoms with van der Waals surface area (Å²) >= 11 is 3.39. The number of alkyl halides is 1. The summed E-state index contributed by atoms with van der Waals surface area (Å²) in [6.45, 7) is 4.69. The summed E-state index contributed by atoms with van der Waals surface area (Å²) in [4.78, 5) is 11.9. The van der Waals surface area contributed by atoms with Crippen molar-refractivity contribution >= 4 is 21.8 Å². The van der Waals surface area contributed by atoms with E-state index in [9.17, 15) is 9.18 Å². The molecule has 0 radical (unpaired) electrons. The molecule has 1 amide bonds. The minimum absolute atomic E-state index is 0.00414. The van der Waals surface area contributed by atoms with Gasteiger partial charge in [0.25, 0.3) is 5.91 Å². The summed E-state index contributed by atoms with van der Waals surface area (Å²) in [6.07, 6.45) is 0.949. The van der Waals surface area contributed by atoms with Crippen LogP contribution in [0, 0.1) is 11.2 Å². The molecule has 19 heavy (non-hydrogen) atoms. The average molecular weight is 332 g/mol. The summed E-state index contributed by atoms with van der Waals surface area (Å²) in [5.74, 6) is -0.671. The minimum atomic E-state index is -0.533. The molecular weight excluding hydrogens is 313 g/mol. The zero-order chi connectivity index (χ0) is 14.5. The van der Waals surface area contributed by atoms with Gasteiger partial charge in [-0.3, -0.25) is 4.79 Å². The molecule has 1 aromatic rings. The number of methoxy groups -OCH3 is 1. The number of benzene rings is 1. The standard InChI is InChI=1S/C14H19BrFNO2/c1-14(2,6-7-15)9-17-13(18)10-4-5-12(19-3)11(16)8-10/h4-5,8H,6-7,9H2,1-3H3,(H,17,18). The summed E-state index contributed by atoms with van der Waals surface area (Å²) < 4.78 is 18.3. The number of halogens is 2. The first-order chi connectivity index (χ1) is 8.89. The van der Waals surface area contributed by atoms with Crippen molar-refractivity contribution in [3.8, 4) is 5.75 Å². The van der Waals surface area contributed by atoms with E-state index in [2.05, 4.69) is 35.1 Å². The van der Waals surface area contributed by atoms with Gasteiger partial charge in [0.05, 0.1) is 7.11 Å². The van der Waals surface area contributed by atoms with Crippen LogP contribution in [0.15, 0.2) is 18.2 Å².